The molecule has 0 radical (unpaired) electrons. The van der Waals surface area contributed by atoms with Crippen molar-refractivity contribution in [1.82, 2.24) is 0 Å². The molecule has 4 nitrogen and oxygen atoms in total. The standard InChI is InChI=1S/C17H17NO3/c1-12(19)14-4-3-5-16(9-14)21-11-15-8-13(10-18)6-7-17(15)20-2/h3-9,12,19H,11H2,1-2H3/t12-/m0/s1. The summed E-state index contributed by atoms with van der Waals surface area (Å²) < 4.78 is 11.0. The highest BCUT2D eigenvalue weighted by molar-refractivity contribution is 5.42. The molecule has 0 amide bonds. The summed E-state index contributed by atoms with van der Waals surface area (Å²) in [6.45, 7) is 2.00. The predicted octanol–water partition coefficient (Wildman–Crippen LogP) is 3.20. The fraction of sp³-hybridized carbons (Fsp3) is 0.235. The number of benzene rings is 2. The number of hydrogen-bond donors (Lipinski definition) is 1. The van der Waals surface area contributed by atoms with Gasteiger partial charge in [-0.1, -0.05) is 12.1 Å². The van der Waals surface area contributed by atoms with Gasteiger partial charge in [0.2, 0.25) is 0 Å². The smallest absolute Gasteiger partial charge is 0.125 e. The lowest BCUT2D eigenvalue weighted by Crippen LogP contribution is -2.00. The molecule has 1 N–H and O–H groups in total. The summed E-state index contributed by atoms with van der Waals surface area (Å²) in [6, 6.07) is 14.6. The Bertz CT molecular complexity index is 659. The Morgan fingerprint density at radius 2 is 2.05 bits per heavy atom. The Labute approximate surface area is 124 Å². The van der Waals surface area contributed by atoms with E-state index in [1.165, 1.54) is 0 Å². The van der Waals surface area contributed by atoms with Crippen LogP contribution in [0.1, 0.15) is 29.7 Å². The third kappa shape index (κ3) is 3.74. The van der Waals surface area contributed by atoms with E-state index in [1.54, 1.807) is 38.3 Å². The third-order valence-corrected chi connectivity index (χ3v) is 3.14. The minimum absolute atomic E-state index is 0.294. The molecule has 0 aliphatic heterocycles. The van der Waals surface area contributed by atoms with Gasteiger partial charge in [-0.05, 0) is 42.8 Å². The monoisotopic (exact) mass is 283 g/mol. The molecule has 1 atom stereocenters. The first-order chi connectivity index (χ1) is 10.1. The Morgan fingerprint density at radius 1 is 1.24 bits per heavy atom. The van der Waals surface area contributed by atoms with Crippen molar-refractivity contribution in [3.05, 3.63) is 59.2 Å². The van der Waals surface area contributed by atoms with E-state index >= 15 is 0 Å². The van der Waals surface area contributed by atoms with E-state index in [4.69, 9.17) is 14.7 Å². The lowest BCUT2D eigenvalue weighted by molar-refractivity contribution is 0.198. The summed E-state index contributed by atoms with van der Waals surface area (Å²) in [5.74, 6) is 1.35. The van der Waals surface area contributed by atoms with Gasteiger partial charge in [0, 0.05) is 5.56 Å². The minimum atomic E-state index is -0.537. The number of aliphatic hydroxyl groups excluding tert-OH is 1. The van der Waals surface area contributed by atoms with Gasteiger partial charge in [0.05, 0.1) is 24.8 Å². The number of methoxy groups -OCH3 is 1. The number of hydrogen-bond acceptors (Lipinski definition) is 4. The average molecular weight is 283 g/mol. The molecule has 0 spiro atoms. The van der Waals surface area contributed by atoms with E-state index in [9.17, 15) is 5.11 Å². The van der Waals surface area contributed by atoms with E-state index in [0.29, 0.717) is 23.7 Å². The molecule has 0 fully saturated rings. The summed E-state index contributed by atoms with van der Waals surface area (Å²) in [5, 5.41) is 18.5. The summed E-state index contributed by atoms with van der Waals surface area (Å²) in [7, 11) is 1.58. The SMILES string of the molecule is COc1ccc(C#N)cc1COc1cccc([C@H](C)O)c1. The number of aliphatic hydroxyl groups is 1. The topological polar surface area (TPSA) is 62.5 Å². The molecular weight excluding hydrogens is 266 g/mol. The highest BCUT2D eigenvalue weighted by Gasteiger charge is 2.07. The van der Waals surface area contributed by atoms with Gasteiger partial charge in [-0.3, -0.25) is 0 Å². The Morgan fingerprint density at radius 3 is 2.71 bits per heavy atom. The molecule has 2 aromatic carbocycles. The van der Waals surface area contributed by atoms with E-state index < -0.39 is 6.10 Å². The van der Waals surface area contributed by atoms with Crippen LogP contribution in [-0.2, 0) is 6.61 Å². The van der Waals surface area contributed by atoms with E-state index in [0.717, 1.165) is 11.1 Å². The number of nitrogens with zero attached hydrogens (tertiary/aromatic N) is 1. The first-order valence-electron chi connectivity index (χ1n) is 6.62. The first-order valence-corrected chi connectivity index (χ1v) is 6.62. The van der Waals surface area contributed by atoms with E-state index in [1.807, 2.05) is 18.2 Å². The molecule has 0 heterocycles. The lowest BCUT2D eigenvalue weighted by atomic mass is 10.1. The number of ether oxygens (including phenoxy) is 2. The zero-order chi connectivity index (χ0) is 15.2. The Hall–Kier alpha value is -2.51. The van der Waals surface area contributed by atoms with Crippen LogP contribution in [0.2, 0.25) is 0 Å². The number of rotatable bonds is 5. The quantitative estimate of drug-likeness (QED) is 0.915. The summed E-state index contributed by atoms with van der Waals surface area (Å²) in [4.78, 5) is 0. The number of nitriles is 1. The van der Waals surface area contributed by atoms with E-state index in [-0.39, 0.29) is 0 Å². The zero-order valence-electron chi connectivity index (χ0n) is 12.0. The van der Waals surface area contributed by atoms with Gasteiger partial charge >= 0.3 is 0 Å². The highest BCUT2D eigenvalue weighted by Crippen LogP contribution is 2.23. The van der Waals surface area contributed by atoms with Crippen molar-refractivity contribution in [3.63, 3.8) is 0 Å². The fourth-order valence-corrected chi connectivity index (χ4v) is 1.99. The largest absolute Gasteiger partial charge is 0.496 e. The maximum Gasteiger partial charge on any atom is 0.125 e. The normalized spacial score (nSPS) is 11.5. The van der Waals surface area contributed by atoms with Gasteiger partial charge in [-0.25, -0.2) is 0 Å². The molecule has 108 valence electrons. The van der Waals surface area contributed by atoms with Crippen molar-refractivity contribution in [2.24, 2.45) is 0 Å². The van der Waals surface area contributed by atoms with Crippen LogP contribution in [0.4, 0.5) is 0 Å². The molecule has 2 rings (SSSR count). The van der Waals surface area contributed by atoms with Gasteiger partial charge in [0.25, 0.3) is 0 Å². The molecule has 0 unspecified atom stereocenters. The molecular formula is C17H17NO3. The van der Waals surface area contributed by atoms with Crippen molar-refractivity contribution in [1.29, 1.82) is 5.26 Å². The molecule has 0 saturated heterocycles. The predicted molar refractivity (Wildman–Crippen MR) is 79.1 cm³/mol. The molecule has 0 saturated carbocycles. The molecule has 2 aromatic rings. The second kappa shape index (κ2) is 6.78. The van der Waals surface area contributed by atoms with E-state index in [2.05, 4.69) is 6.07 Å². The molecule has 0 aliphatic rings. The molecule has 21 heavy (non-hydrogen) atoms. The highest BCUT2D eigenvalue weighted by atomic mass is 16.5. The Kier molecular flexibility index (Phi) is 4.81. The maximum atomic E-state index is 9.57. The molecule has 0 aliphatic carbocycles. The average Bonchev–Trinajstić information content (AvgIpc) is 2.52. The van der Waals surface area contributed by atoms with Crippen LogP contribution < -0.4 is 9.47 Å². The van der Waals surface area contributed by atoms with Crippen LogP contribution in [0.3, 0.4) is 0 Å². The second-order valence-electron chi connectivity index (χ2n) is 4.68. The molecule has 0 aromatic heterocycles. The Balaban J connectivity index is 2.16. The van der Waals surface area contributed by atoms with Crippen LogP contribution in [0.5, 0.6) is 11.5 Å². The zero-order valence-corrected chi connectivity index (χ0v) is 12.0. The van der Waals surface area contributed by atoms with Crippen molar-refractivity contribution >= 4 is 0 Å². The van der Waals surface area contributed by atoms with Crippen LogP contribution in [0, 0.1) is 11.3 Å². The van der Waals surface area contributed by atoms with Gasteiger partial charge < -0.3 is 14.6 Å². The molecule has 0 bridgehead atoms. The van der Waals surface area contributed by atoms with Gasteiger partial charge in [-0.15, -0.1) is 0 Å². The maximum absolute atomic E-state index is 9.57. The fourth-order valence-electron chi connectivity index (χ4n) is 1.99. The first kappa shape index (κ1) is 14.9. The third-order valence-electron chi connectivity index (χ3n) is 3.14. The summed E-state index contributed by atoms with van der Waals surface area (Å²) >= 11 is 0. The van der Waals surface area contributed by atoms with Crippen LogP contribution in [-0.4, -0.2) is 12.2 Å². The van der Waals surface area contributed by atoms with Crippen molar-refractivity contribution in [2.75, 3.05) is 7.11 Å². The molecule has 4 heteroatoms. The van der Waals surface area contributed by atoms with Gasteiger partial charge in [0.15, 0.2) is 0 Å². The van der Waals surface area contributed by atoms with Gasteiger partial charge in [0.1, 0.15) is 18.1 Å². The van der Waals surface area contributed by atoms with Crippen LogP contribution in [0.25, 0.3) is 0 Å². The van der Waals surface area contributed by atoms with Crippen LogP contribution in [0.15, 0.2) is 42.5 Å². The van der Waals surface area contributed by atoms with Crippen molar-refractivity contribution in [3.8, 4) is 17.6 Å². The van der Waals surface area contributed by atoms with Crippen LogP contribution >= 0.6 is 0 Å². The minimum Gasteiger partial charge on any atom is -0.496 e. The summed E-state index contributed by atoms with van der Waals surface area (Å²) in [5.41, 5.74) is 2.16. The lowest BCUT2D eigenvalue weighted by Gasteiger charge is -2.12. The van der Waals surface area contributed by atoms with Crippen molar-refractivity contribution < 1.29 is 14.6 Å². The van der Waals surface area contributed by atoms with Gasteiger partial charge in [-0.2, -0.15) is 5.26 Å². The van der Waals surface area contributed by atoms with Crippen molar-refractivity contribution in [2.45, 2.75) is 19.6 Å². The second-order valence-corrected chi connectivity index (χ2v) is 4.68. The summed E-state index contributed by atoms with van der Waals surface area (Å²) in [6.07, 6.45) is -0.537.